The Kier molecular flexibility index (Phi) is 4.47. The Balaban J connectivity index is 2.36. The number of nitrogens with two attached hydrogens (primary N) is 1. The molecule has 0 aromatic heterocycles. The third-order valence-corrected chi connectivity index (χ3v) is 4.14. The van der Waals surface area contributed by atoms with Crippen molar-refractivity contribution in [3.05, 3.63) is 28.2 Å². The Morgan fingerprint density at radius 1 is 1.53 bits per heavy atom. The fraction of sp³-hybridized carbons (Fsp3) is 0.500. The number of carbonyl (C=O) groups is 1. The summed E-state index contributed by atoms with van der Waals surface area (Å²) in [6.07, 6.45) is 0.919. The number of nitrogens with one attached hydrogen (secondary N) is 1. The van der Waals surface area contributed by atoms with E-state index in [1.807, 2.05) is 19.9 Å². The normalized spacial score (nSPS) is 24.0. The zero-order valence-corrected chi connectivity index (χ0v) is 12.9. The first kappa shape index (κ1) is 14.3. The van der Waals surface area contributed by atoms with Crippen LogP contribution in [0.2, 0.25) is 0 Å². The first-order chi connectivity index (χ1) is 9.02. The molecule has 4 nitrogen and oxygen atoms in total. The van der Waals surface area contributed by atoms with Crippen LogP contribution in [0.4, 0.5) is 5.69 Å². The fourth-order valence-electron chi connectivity index (χ4n) is 2.41. The van der Waals surface area contributed by atoms with Gasteiger partial charge in [0.2, 0.25) is 5.91 Å². The first-order valence-corrected chi connectivity index (χ1v) is 7.35. The summed E-state index contributed by atoms with van der Waals surface area (Å²) in [6, 6.07) is 6.06. The molecule has 1 fully saturated rings. The summed E-state index contributed by atoms with van der Waals surface area (Å²) in [6.45, 7) is 5.22. The monoisotopic (exact) mass is 325 g/mol. The maximum Gasteiger partial charge on any atom is 0.244 e. The van der Waals surface area contributed by atoms with Gasteiger partial charge >= 0.3 is 0 Å². The maximum atomic E-state index is 12.2. The van der Waals surface area contributed by atoms with Crippen LogP contribution in [-0.4, -0.2) is 31.1 Å². The second kappa shape index (κ2) is 5.92. The second-order valence-electron chi connectivity index (χ2n) is 5.10. The average molecular weight is 326 g/mol. The summed E-state index contributed by atoms with van der Waals surface area (Å²) < 4.78 is 1.01. The fourth-order valence-corrected chi connectivity index (χ4v) is 3.13. The molecule has 2 unspecified atom stereocenters. The van der Waals surface area contributed by atoms with Gasteiger partial charge in [0.05, 0.1) is 5.69 Å². The van der Waals surface area contributed by atoms with Gasteiger partial charge in [0.15, 0.2) is 0 Å². The van der Waals surface area contributed by atoms with Crippen LogP contribution in [0.3, 0.4) is 0 Å². The van der Waals surface area contributed by atoms with Crippen LogP contribution < -0.4 is 16.0 Å². The lowest BCUT2D eigenvalue weighted by molar-refractivity contribution is -0.122. The third kappa shape index (κ3) is 3.09. The Morgan fingerprint density at radius 3 is 2.89 bits per heavy atom. The van der Waals surface area contributed by atoms with E-state index >= 15 is 0 Å². The Morgan fingerprint density at radius 2 is 2.26 bits per heavy atom. The lowest BCUT2D eigenvalue weighted by Crippen LogP contribution is -2.49. The van der Waals surface area contributed by atoms with Crippen LogP contribution in [0.15, 0.2) is 22.7 Å². The Hall–Kier alpha value is -1.07. The van der Waals surface area contributed by atoms with Crippen molar-refractivity contribution in [1.82, 2.24) is 5.32 Å². The number of hydrogen-bond acceptors (Lipinski definition) is 3. The van der Waals surface area contributed by atoms with Crippen LogP contribution in [0.1, 0.15) is 18.9 Å². The van der Waals surface area contributed by atoms with E-state index in [1.54, 1.807) is 0 Å². The second-order valence-corrected chi connectivity index (χ2v) is 5.95. The average Bonchev–Trinajstić information content (AvgIpc) is 2.48. The first-order valence-electron chi connectivity index (χ1n) is 6.56. The van der Waals surface area contributed by atoms with E-state index < -0.39 is 0 Å². The van der Waals surface area contributed by atoms with Crippen molar-refractivity contribution in [3.8, 4) is 0 Å². The molecule has 2 atom stereocenters. The highest BCUT2D eigenvalue weighted by Gasteiger charge is 2.30. The number of rotatable bonds is 2. The number of carbonyl (C=O) groups excluding carboxylic acids is 1. The lowest BCUT2D eigenvalue weighted by atomic mass is 10.1. The number of benzene rings is 1. The molecule has 1 amide bonds. The summed E-state index contributed by atoms with van der Waals surface area (Å²) in [4.78, 5) is 14.3. The summed E-state index contributed by atoms with van der Waals surface area (Å²) in [5, 5.41) is 3.00. The van der Waals surface area contributed by atoms with Gasteiger partial charge < -0.3 is 16.0 Å². The van der Waals surface area contributed by atoms with Gasteiger partial charge in [-0.25, -0.2) is 0 Å². The van der Waals surface area contributed by atoms with Crippen LogP contribution in [0, 0.1) is 6.92 Å². The van der Waals surface area contributed by atoms with Gasteiger partial charge in [-0.2, -0.15) is 0 Å². The highest BCUT2D eigenvalue weighted by molar-refractivity contribution is 9.10. The Bertz CT molecular complexity index is 478. The minimum atomic E-state index is -0.302. The molecule has 104 valence electrons. The standard InChI is InChI=1S/C14H20BrN3O/c1-9-3-4-12(11(15)7-9)18-6-5-10(2)17-14(19)13(18)8-16/h3-4,7,10,13H,5-6,8,16H2,1-2H3,(H,17,19). The molecule has 1 aliphatic heterocycles. The molecular weight excluding hydrogens is 306 g/mol. The number of halogens is 1. The molecule has 3 N–H and O–H groups in total. The number of hydrogen-bond donors (Lipinski definition) is 2. The van der Waals surface area contributed by atoms with Gasteiger partial charge in [0.25, 0.3) is 0 Å². The quantitative estimate of drug-likeness (QED) is 0.871. The van der Waals surface area contributed by atoms with Gasteiger partial charge in [-0.3, -0.25) is 4.79 Å². The van der Waals surface area contributed by atoms with Crippen molar-refractivity contribution in [2.45, 2.75) is 32.4 Å². The molecule has 1 aliphatic rings. The molecule has 0 bridgehead atoms. The molecule has 1 aromatic carbocycles. The van der Waals surface area contributed by atoms with E-state index in [4.69, 9.17) is 5.73 Å². The van der Waals surface area contributed by atoms with E-state index in [9.17, 15) is 4.79 Å². The van der Waals surface area contributed by atoms with E-state index in [2.05, 4.69) is 38.3 Å². The Labute approximate surface area is 122 Å². The van der Waals surface area contributed by atoms with Crippen molar-refractivity contribution in [3.63, 3.8) is 0 Å². The summed E-state index contributed by atoms with van der Waals surface area (Å²) in [5.74, 6) is 0.0139. The van der Waals surface area contributed by atoms with Crippen LogP contribution in [0.5, 0.6) is 0 Å². The minimum Gasteiger partial charge on any atom is -0.358 e. The van der Waals surface area contributed by atoms with Crippen molar-refractivity contribution in [2.24, 2.45) is 5.73 Å². The van der Waals surface area contributed by atoms with E-state index in [-0.39, 0.29) is 18.0 Å². The molecule has 0 spiro atoms. The molecule has 19 heavy (non-hydrogen) atoms. The summed E-state index contributed by atoms with van der Waals surface area (Å²) in [7, 11) is 0. The van der Waals surface area contributed by atoms with Crippen LogP contribution in [0.25, 0.3) is 0 Å². The number of anilines is 1. The van der Waals surface area contributed by atoms with Gasteiger partial charge in [0.1, 0.15) is 6.04 Å². The molecular formula is C14H20BrN3O. The topological polar surface area (TPSA) is 58.4 Å². The van der Waals surface area contributed by atoms with Gasteiger partial charge in [-0.15, -0.1) is 0 Å². The van der Waals surface area contributed by atoms with Gasteiger partial charge in [-0.05, 0) is 53.9 Å². The van der Waals surface area contributed by atoms with Crippen molar-refractivity contribution < 1.29 is 4.79 Å². The molecule has 1 aromatic rings. The predicted octanol–water partition coefficient (Wildman–Crippen LogP) is 1.80. The highest BCUT2D eigenvalue weighted by atomic mass is 79.9. The number of amides is 1. The smallest absolute Gasteiger partial charge is 0.244 e. The molecule has 0 saturated carbocycles. The van der Waals surface area contributed by atoms with E-state index in [0.29, 0.717) is 6.54 Å². The predicted molar refractivity (Wildman–Crippen MR) is 81.3 cm³/mol. The minimum absolute atomic E-state index is 0.0139. The van der Waals surface area contributed by atoms with Gasteiger partial charge in [0, 0.05) is 23.6 Å². The van der Waals surface area contributed by atoms with E-state index in [0.717, 1.165) is 23.1 Å². The van der Waals surface area contributed by atoms with Gasteiger partial charge in [-0.1, -0.05) is 6.07 Å². The number of aryl methyl sites for hydroxylation is 1. The van der Waals surface area contributed by atoms with Crippen molar-refractivity contribution in [1.29, 1.82) is 0 Å². The molecule has 0 aliphatic carbocycles. The molecule has 1 saturated heterocycles. The van der Waals surface area contributed by atoms with Crippen LogP contribution in [-0.2, 0) is 4.79 Å². The van der Waals surface area contributed by atoms with Crippen molar-refractivity contribution >= 4 is 27.5 Å². The third-order valence-electron chi connectivity index (χ3n) is 3.51. The van der Waals surface area contributed by atoms with Crippen LogP contribution >= 0.6 is 15.9 Å². The zero-order chi connectivity index (χ0) is 14.0. The molecule has 1 heterocycles. The molecule has 2 rings (SSSR count). The van der Waals surface area contributed by atoms with E-state index in [1.165, 1.54) is 5.56 Å². The zero-order valence-electron chi connectivity index (χ0n) is 11.3. The molecule has 0 radical (unpaired) electrons. The maximum absolute atomic E-state index is 12.2. The molecule has 5 heteroatoms. The number of nitrogens with zero attached hydrogens (tertiary/aromatic N) is 1. The highest BCUT2D eigenvalue weighted by Crippen LogP contribution is 2.29. The van der Waals surface area contributed by atoms with Crippen molar-refractivity contribution in [2.75, 3.05) is 18.0 Å². The summed E-state index contributed by atoms with van der Waals surface area (Å²) in [5.41, 5.74) is 8.02. The SMILES string of the molecule is Cc1ccc(N2CCC(C)NC(=O)C2CN)c(Br)c1. The summed E-state index contributed by atoms with van der Waals surface area (Å²) >= 11 is 3.59. The largest absolute Gasteiger partial charge is 0.358 e. The lowest BCUT2D eigenvalue weighted by Gasteiger charge is -2.30.